The fraction of sp³-hybridized carbons (Fsp3) is 0.500. The average Bonchev–Trinajstić information content (AvgIpc) is 1.97. The van der Waals surface area contributed by atoms with Crippen LogP contribution in [0.25, 0.3) is 0 Å². The molecule has 0 aromatic rings. The lowest BCUT2D eigenvalue weighted by Crippen LogP contribution is -1.88. The first-order chi connectivity index (χ1) is 5.20. The maximum Gasteiger partial charge on any atom is 0.0700 e. The molecule has 0 bridgehead atoms. The van der Waals surface area contributed by atoms with Gasteiger partial charge in [0.1, 0.15) is 0 Å². The molecule has 1 unspecified atom stereocenters. The van der Waals surface area contributed by atoms with E-state index < -0.39 is 0 Å². The van der Waals surface area contributed by atoms with E-state index in [9.17, 15) is 0 Å². The van der Waals surface area contributed by atoms with Gasteiger partial charge in [0.25, 0.3) is 0 Å². The zero-order valence-corrected chi connectivity index (χ0v) is 7.46. The van der Waals surface area contributed by atoms with Gasteiger partial charge in [-0.3, -0.25) is 0 Å². The third-order valence-corrected chi connectivity index (χ3v) is 1.37. The molecule has 1 nitrogen and oxygen atoms in total. The number of hydrogen-bond acceptors (Lipinski definition) is 1. The SMILES string of the molecule is C/C=C\C(C#N)CC=C(C)C. The van der Waals surface area contributed by atoms with E-state index in [1.807, 2.05) is 32.9 Å². The van der Waals surface area contributed by atoms with Crippen molar-refractivity contribution < 1.29 is 0 Å². The molecule has 11 heavy (non-hydrogen) atoms. The number of nitriles is 1. The maximum atomic E-state index is 8.64. The Labute approximate surface area is 69.0 Å². The minimum Gasteiger partial charge on any atom is -0.198 e. The predicted octanol–water partition coefficient (Wildman–Crippen LogP) is 3.06. The third kappa shape index (κ3) is 5.42. The van der Waals surface area contributed by atoms with E-state index in [-0.39, 0.29) is 5.92 Å². The Morgan fingerprint density at radius 1 is 1.55 bits per heavy atom. The first-order valence-corrected chi connectivity index (χ1v) is 3.86. The van der Waals surface area contributed by atoms with E-state index in [4.69, 9.17) is 5.26 Å². The van der Waals surface area contributed by atoms with Crippen LogP contribution in [-0.2, 0) is 0 Å². The van der Waals surface area contributed by atoms with Crippen molar-refractivity contribution in [2.24, 2.45) is 5.92 Å². The summed E-state index contributed by atoms with van der Waals surface area (Å²) in [4.78, 5) is 0. The van der Waals surface area contributed by atoms with E-state index in [1.165, 1.54) is 5.57 Å². The zero-order valence-electron chi connectivity index (χ0n) is 7.46. The van der Waals surface area contributed by atoms with Crippen molar-refractivity contribution in [1.82, 2.24) is 0 Å². The summed E-state index contributed by atoms with van der Waals surface area (Å²) in [5.74, 6) is 0.0508. The summed E-state index contributed by atoms with van der Waals surface area (Å²) in [5, 5.41) is 8.64. The summed E-state index contributed by atoms with van der Waals surface area (Å²) in [6, 6.07) is 2.23. The van der Waals surface area contributed by atoms with Gasteiger partial charge in [-0.2, -0.15) is 5.26 Å². The summed E-state index contributed by atoms with van der Waals surface area (Å²) >= 11 is 0. The Hall–Kier alpha value is -1.03. The Kier molecular flexibility index (Phi) is 5.20. The second kappa shape index (κ2) is 5.73. The van der Waals surface area contributed by atoms with Crippen LogP contribution in [0.3, 0.4) is 0 Å². The van der Waals surface area contributed by atoms with Crippen molar-refractivity contribution >= 4 is 0 Å². The van der Waals surface area contributed by atoms with Crippen molar-refractivity contribution in [3.63, 3.8) is 0 Å². The highest BCUT2D eigenvalue weighted by molar-refractivity contribution is 5.05. The van der Waals surface area contributed by atoms with Gasteiger partial charge in [0.2, 0.25) is 0 Å². The molecule has 0 fully saturated rings. The number of allylic oxidation sites excluding steroid dienone is 4. The molecular weight excluding hydrogens is 134 g/mol. The summed E-state index contributed by atoms with van der Waals surface area (Å²) in [6.07, 6.45) is 6.78. The van der Waals surface area contributed by atoms with Crippen LogP contribution >= 0.6 is 0 Å². The van der Waals surface area contributed by atoms with Gasteiger partial charge in [-0.25, -0.2) is 0 Å². The minimum absolute atomic E-state index is 0.0508. The van der Waals surface area contributed by atoms with E-state index >= 15 is 0 Å². The molecule has 0 amide bonds. The van der Waals surface area contributed by atoms with E-state index in [2.05, 4.69) is 12.1 Å². The highest BCUT2D eigenvalue weighted by Gasteiger charge is 1.97. The fourth-order valence-corrected chi connectivity index (χ4v) is 0.769. The van der Waals surface area contributed by atoms with Gasteiger partial charge in [-0.1, -0.05) is 23.8 Å². The monoisotopic (exact) mass is 149 g/mol. The van der Waals surface area contributed by atoms with Crippen molar-refractivity contribution in [2.45, 2.75) is 27.2 Å². The molecule has 0 heterocycles. The number of nitrogens with zero attached hydrogens (tertiary/aromatic N) is 1. The fourth-order valence-electron chi connectivity index (χ4n) is 0.769. The molecule has 1 heteroatoms. The van der Waals surface area contributed by atoms with E-state index in [1.54, 1.807) is 0 Å². The van der Waals surface area contributed by atoms with Crippen LogP contribution in [0.2, 0.25) is 0 Å². The Morgan fingerprint density at radius 2 is 2.18 bits per heavy atom. The molecule has 0 aromatic heterocycles. The van der Waals surface area contributed by atoms with Crippen LogP contribution < -0.4 is 0 Å². The Bertz CT molecular complexity index is 189. The second-order valence-electron chi connectivity index (χ2n) is 2.78. The summed E-state index contributed by atoms with van der Waals surface area (Å²) < 4.78 is 0. The third-order valence-electron chi connectivity index (χ3n) is 1.37. The summed E-state index contributed by atoms with van der Waals surface area (Å²) in [6.45, 7) is 6.03. The molecule has 0 rings (SSSR count). The molecule has 0 aliphatic carbocycles. The molecule has 0 aromatic carbocycles. The summed E-state index contributed by atoms with van der Waals surface area (Å²) in [5.41, 5.74) is 1.27. The predicted molar refractivity (Wildman–Crippen MR) is 48.0 cm³/mol. The molecule has 0 spiro atoms. The quantitative estimate of drug-likeness (QED) is 0.566. The van der Waals surface area contributed by atoms with Gasteiger partial charge >= 0.3 is 0 Å². The molecular formula is C10H15N. The van der Waals surface area contributed by atoms with Crippen LogP contribution in [0.15, 0.2) is 23.8 Å². The normalized spacial score (nSPS) is 12.5. The summed E-state index contributed by atoms with van der Waals surface area (Å²) in [7, 11) is 0. The molecule has 0 aliphatic rings. The van der Waals surface area contributed by atoms with Gasteiger partial charge in [0.15, 0.2) is 0 Å². The minimum atomic E-state index is 0.0508. The molecule has 0 N–H and O–H groups in total. The smallest absolute Gasteiger partial charge is 0.0700 e. The number of hydrogen-bond donors (Lipinski definition) is 0. The van der Waals surface area contributed by atoms with Gasteiger partial charge < -0.3 is 0 Å². The first kappa shape index (κ1) is 9.97. The molecule has 0 saturated carbocycles. The van der Waals surface area contributed by atoms with E-state index in [0.717, 1.165) is 6.42 Å². The van der Waals surface area contributed by atoms with Crippen LogP contribution in [0.4, 0.5) is 0 Å². The molecule has 0 saturated heterocycles. The van der Waals surface area contributed by atoms with Crippen molar-refractivity contribution in [2.75, 3.05) is 0 Å². The largest absolute Gasteiger partial charge is 0.198 e. The van der Waals surface area contributed by atoms with Crippen LogP contribution in [0, 0.1) is 17.2 Å². The van der Waals surface area contributed by atoms with Gasteiger partial charge in [0, 0.05) is 0 Å². The van der Waals surface area contributed by atoms with Gasteiger partial charge in [0.05, 0.1) is 12.0 Å². The van der Waals surface area contributed by atoms with Crippen molar-refractivity contribution in [3.05, 3.63) is 23.8 Å². The Morgan fingerprint density at radius 3 is 2.55 bits per heavy atom. The first-order valence-electron chi connectivity index (χ1n) is 3.86. The van der Waals surface area contributed by atoms with Gasteiger partial charge in [-0.05, 0) is 27.2 Å². The average molecular weight is 149 g/mol. The van der Waals surface area contributed by atoms with Crippen LogP contribution in [0.5, 0.6) is 0 Å². The van der Waals surface area contributed by atoms with Gasteiger partial charge in [-0.15, -0.1) is 0 Å². The molecule has 0 radical (unpaired) electrons. The van der Waals surface area contributed by atoms with Crippen LogP contribution in [-0.4, -0.2) is 0 Å². The molecule has 0 aliphatic heterocycles. The van der Waals surface area contributed by atoms with Crippen molar-refractivity contribution in [3.8, 4) is 6.07 Å². The lowest BCUT2D eigenvalue weighted by Gasteiger charge is -1.97. The molecule has 1 atom stereocenters. The van der Waals surface area contributed by atoms with Crippen LogP contribution in [0.1, 0.15) is 27.2 Å². The molecule has 60 valence electrons. The highest BCUT2D eigenvalue weighted by atomic mass is 14.3. The zero-order chi connectivity index (χ0) is 8.69. The Balaban J connectivity index is 3.92. The maximum absolute atomic E-state index is 8.64. The van der Waals surface area contributed by atoms with E-state index in [0.29, 0.717) is 0 Å². The second-order valence-corrected chi connectivity index (χ2v) is 2.78. The standard InChI is InChI=1S/C10H15N/c1-4-5-10(8-11)7-6-9(2)3/h4-6,10H,7H2,1-3H3/b5-4-. The highest BCUT2D eigenvalue weighted by Crippen LogP contribution is 2.06. The topological polar surface area (TPSA) is 23.8 Å². The lowest BCUT2D eigenvalue weighted by molar-refractivity contribution is 0.840. The van der Waals surface area contributed by atoms with Crippen molar-refractivity contribution in [1.29, 1.82) is 5.26 Å². The number of rotatable bonds is 3. The lowest BCUT2D eigenvalue weighted by atomic mass is 10.1.